The number of ether oxygens (including phenoxy) is 1. The van der Waals surface area contributed by atoms with Gasteiger partial charge >= 0.3 is 5.97 Å². The molecule has 1 aromatic carbocycles. The Kier molecular flexibility index (Phi) is 6.18. The topological polar surface area (TPSA) is 106 Å². The normalized spacial score (nSPS) is 21.8. The summed E-state index contributed by atoms with van der Waals surface area (Å²) in [6.45, 7) is 0. The van der Waals surface area contributed by atoms with Crippen molar-refractivity contribution in [2.75, 3.05) is 11.8 Å². The molecule has 31 heavy (non-hydrogen) atoms. The lowest BCUT2D eigenvalue weighted by Crippen LogP contribution is -2.16. The summed E-state index contributed by atoms with van der Waals surface area (Å²) in [6, 6.07) is 9.13. The maximum atomic E-state index is 13.0. The van der Waals surface area contributed by atoms with Crippen molar-refractivity contribution < 1.29 is 23.1 Å². The van der Waals surface area contributed by atoms with Gasteiger partial charge < -0.3 is 9.84 Å². The van der Waals surface area contributed by atoms with Gasteiger partial charge in [0, 0.05) is 11.6 Å². The number of hydrogen-bond donors (Lipinski definition) is 2. The van der Waals surface area contributed by atoms with E-state index >= 15 is 0 Å². The summed E-state index contributed by atoms with van der Waals surface area (Å²) in [6.07, 6.45) is 8.64. The van der Waals surface area contributed by atoms with Gasteiger partial charge in [-0.05, 0) is 61.4 Å². The van der Waals surface area contributed by atoms with Crippen LogP contribution >= 0.6 is 0 Å². The van der Waals surface area contributed by atoms with Gasteiger partial charge in [-0.3, -0.25) is 4.72 Å². The van der Waals surface area contributed by atoms with Crippen molar-refractivity contribution >= 4 is 21.7 Å². The van der Waals surface area contributed by atoms with Crippen LogP contribution in [0.5, 0.6) is 5.75 Å². The third-order valence-corrected chi connectivity index (χ3v) is 7.94. The first-order valence-electron chi connectivity index (χ1n) is 10.8. The van der Waals surface area contributed by atoms with E-state index in [0.717, 1.165) is 30.4 Å². The fourth-order valence-electron chi connectivity index (χ4n) is 5.06. The van der Waals surface area contributed by atoms with E-state index in [9.17, 15) is 13.2 Å². The Bertz CT molecular complexity index is 1060. The molecule has 2 aliphatic carbocycles. The molecule has 4 rings (SSSR count). The summed E-state index contributed by atoms with van der Waals surface area (Å²) in [4.78, 5) is 15.7. The predicted molar refractivity (Wildman–Crippen MR) is 117 cm³/mol. The number of aromatic nitrogens is 1. The second-order valence-corrected chi connectivity index (χ2v) is 10.2. The van der Waals surface area contributed by atoms with Crippen molar-refractivity contribution in [1.82, 2.24) is 4.98 Å². The molecule has 2 saturated carbocycles. The zero-order chi connectivity index (χ0) is 22.0. The number of methoxy groups -OCH3 is 1. The highest BCUT2D eigenvalue weighted by Gasteiger charge is 2.34. The van der Waals surface area contributed by atoms with Crippen LogP contribution in [0.4, 0.5) is 5.69 Å². The minimum absolute atomic E-state index is 0.0120. The van der Waals surface area contributed by atoms with E-state index in [1.807, 2.05) is 6.07 Å². The van der Waals surface area contributed by atoms with Crippen molar-refractivity contribution in [3.05, 3.63) is 47.7 Å². The highest BCUT2D eigenvalue weighted by atomic mass is 32.2. The van der Waals surface area contributed by atoms with E-state index in [-0.39, 0.29) is 22.0 Å². The van der Waals surface area contributed by atoms with Crippen LogP contribution in [0.3, 0.4) is 0 Å². The molecule has 166 valence electrons. The van der Waals surface area contributed by atoms with Crippen LogP contribution in [-0.4, -0.2) is 31.6 Å². The van der Waals surface area contributed by atoms with Crippen molar-refractivity contribution in [2.24, 2.45) is 11.8 Å². The number of carbonyl (C=O) groups is 1. The smallest absolute Gasteiger partial charge is 0.335 e. The van der Waals surface area contributed by atoms with E-state index in [0.29, 0.717) is 5.92 Å². The molecule has 1 aromatic heterocycles. The van der Waals surface area contributed by atoms with Crippen molar-refractivity contribution in [3.63, 3.8) is 0 Å². The monoisotopic (exact) mass is 444 g/mol. The number of carboxylic acid groups (broad SMARTS) is 1. The molecule has 2 fully saturated rings. The van der Waals surface area contributed by atoms with Crippen molar-refractivity contribution in [3.8, 4) is 5.75 Å². The molecular weight excluding hydrogens is 416 g/mol. The van der Waals surface area contributed by atoms with Crippen LogP contribution in [0.2, 0.25) is 0 Å². The average molecular weight is 445 g/mol. The Morgan fingerprint density at radius 2 is 1.87 bits per heavy atom. The van der Waals surface area contributed by atoms with Gasteiger partial charge in [0.2, 0.25) is 0 Å². The summed E-state index contributed by atoms with van der Waals surface area (Å²) in [5.74, 6) is 0.860. The third-order valence-electron chi connectivity index (χ3n) is 6.67. The Morgan fingerprint density at radius 3 is 2.58 bits per heavy atom. The number of sulfonamides is 1. The molecule has 1 heterocycles. The average Bonchev–Trinajstić information content (AvgIpc) is 3.45. The molecule has 2 aliphatic rings. The lowest BCUT2D eigenvalue weighted by atomic mass is 9.88. The largest absolute Gasteiger partial charge is 0.495 e. The van der Waals surface area contributed by atoms with Gasteiger partial charge in [-0.2, -0.15) is 8.42 Å². The second kappa shape index (κ2) is 8.86. The van der Waals surface area contributed by atoms with E-state index < -0.39 is 16.0 Å². The van der Waals surface area contributed by atoms with Crippen LogP contribution in [0.1, 0.15) is 66.9 Å². The molecule has 2 N–H and O–H groups in total. The number of pyridine rings is 1. The molecule has 0 saturated heterocycles. The van der Waals surface area contributed by atoms with Crippen LogP contribution in [0.25, 0.3) is 0 Å². The molecule has 0 amide bonds. The van der Waals surface area contributed by atoms with E-state index in [2.05, 4.69) is 9.71 Å². The molecule has 2 unspecified atom stereocenters. The van der Waals surface area contributed by atoms with E-state index in [4.69, 9.17) is 9.84 Å². The van der Waals surface area contributed by atoms with Gasteiger partial charge in [0.25, 0.3) is 10.0 Å². The van der Waals surface area contributed by atoms with Crippen LogP contribution in [0.15, 0.2) is 41.4 Å². The highest BCUT2D eigenvalue weighted by Crippen LogP contribution is 2.46. The summed E-state index contributed by atoms with van der Waals surface area (Å²) in [7, 11) is -2.59. The van der Waals surface area contributed by atoms with Crippen LogP contribution < -0.4 is 9.46 Å². The van der Waals surface area contributed by atoms with E-state index in [1.165, 1.54) is 63.5 Å². The lowest BCUT2D eigenvalue weighted by Gasteiger charge is -2.18. The molecular formula is C23H28N2O5S. The Labute approximate surface area is 182 Å². The molecule has 0 aliphatic heterocycles. The predicted octanol–water partition coefficient (Wildman–Crippen LogP) is 4.66. The fourth-order valence-corrected chi connectivity index (χ4v) is 6.10. The van der Waals surface area contributed by atoms with Crippen LogP contribution in [-0.2, 0) is 10.0 Å². The molecule has 0 bridgehead atoms. The maximum Gasteiger partial charge on any atom is 0.335 e. The summed E-state index contributed by atoms with van der Waals surface area (Å²) >= 11 is 0. The molecule has 2 atom stereocenters. The fraction of sp³-hybridized carbons (Fsp3) is 0.478. The SMILES string of the molecule is COc1cc(C(=O)O)ccc1NS(=O)(=O)c1cccc(C2CCC(C3CCCC3)C2)n1. The van der Waals surface area contributed by atoms with Crippen molar-refractivity contribution in [2.45, 2.75) is 55.9 Å². The van der Waals surface area contributed by atoms with Gasteiger partial charge in [0.1, 0.15) is 5.75 Å². The molecule has 0 spiro atoms. The number of anilines is 1. The molecule has 7 nitrogen and oxygen atoms in total. The Morgan fingerprint density at radius 1 is 1.10 bits per heavy atom. The van der Waals surface area contributed by atoms with Gasteiger partial charge in [0.15, 0.2) is 5.03 Å². The number of nitrogens with one attached hydrogen (secondary N) is 1. The maximum absolute atomic E-state index is 13.0. The summed E-state index contributed by atoms with van der Waals surface area (Å²) in [5.41, 5.74) is 1.01. The van der Waals surface area contributed by atoms with E-state index in [1.54, 1.807) is 6.07 Å². The van der Waals surface area contributed by atoms with Crippen LogP contribution in [0, 0.1) is 11.8 Å². The number of carboxylic acids is 1. The van der Waals surface area contributed by atoms with Gasteiger partial charge in [0.05, 0.1) is 18.4 Å². The first-order valence-corrected chi connectivity index (χ1v) is 12.3. The first-order chi connectivity index (χ1) is 14.9. The number of nitrogens with zero attached hydrogens (tertiary/aromatic N) is 1. The minimum Gasteiger partial charge on any atom is -0.495 e. The Balaban J connectivity index is 1.52. The summed E-state index contributed by atoms with van der Waals surface area (Å²) in [5, 5.41) is 9.08. The molecule has 2 aromatic rings. The minimum atomic E-state index is -3.95. The highest BCUT2D eigenvalue weighted by molar-refractivity contribution is 7.92. The lowest BCUT2D eigenvalue weighted by molar-refractivity contribution is 0.0696. The van der Waals surface area contributed by atoms with Gasteiger partial charge in [-0.1, -0.05) is 31.7 Å². The zero-order valence-corrected chi connectivity index (χ0v) is 18.4. The van der Waals surface area contributed by atoms with Gasteiger partial charge in [-0.15, -0.1) is 0 Å². The number of hydrogen-bond acceptors (Lipinski definition) is 5. The second-order valence-electron chi connectivity index (χ2n) is 8.54. The molecule has 0 radical (unpaired) electrons. The number of benzene rings is 1. The van der Waals surface area contributed by atoms with Crippen molar-refractivity contribution in [1.29, 1.82) is 0 Å². The first kappa shape index (κ1) is 21.6. The number of rotatable bonds is 7. The quantitative estimate of drug-likeness (QED) is 0.643. The zero-order valence-electron chi connectivity index (χ0n) is 17.6. The molecule has 8 heteroatoms. The van der Waals surface area contributed by atoms with Gasteiger partial charge in [-0.25, -0.2) is 9.78 Å². The number of aromatic carboxylic acids is 1. The summed E-state index contributed by atoms with van der Waals surface area (Å²) < 4.78 is 33.6. The Hall–Kier alpha value is -2.61. The third kappa shape index (κ3) is 4.69. The standard InChI is InChI=1S/C23H28N2O5S/c1-30-21-14-18(23(26)27)11-12-20(21)25-31(28,29)22-8-4-7-19(24-22)17-10-9-16(13-17)15-5-2-3-6-15/h4,7-8,11-12,14-17,25H,2-3,5-6,9-10,13H2,1H3,(H,26,27).